The van der Waals surface area contributed by atoms with E-state index in [2.05, 4.69) is 0 Å². The first-order chi connectivity index (χ1) is 3.18. The molecule has 2 nitrogen and oxygen atoms in total. The summed E-state index contributed by atoms with van der Waals surface area (Å²) in [6, 6.07) is 0. The molecule has 7 heavy (non-hydrogen) atoms. The van der Waals surface area contributed by atoms with Crippen molar-refractivity contribution in [2.75, 3.05) is 6.26 Å². The summed E-state index contributed by atoms with van der Waals surface area (Å²) in [6.45, 7) is 1.56. The van der Waals surface area contributed by atoms with Crippen LogP contribution in [-0.4, -0.2) is 11.4 Å². The molecule has 3 N–H and O–H groups in total. The molecule has 0 aliphatic carbocycles. The first kappa shape index (κ1) is 6.69. The van der Waals surface area contributed by atoms with Crippen LogP contribution in [0.3, 0.4) is 0 Å². The summed E-state index contributed by atoms with van der Waals surface area (Å²) < 4.78 is 0. The minimum absolute atomic E-state index is 0.201. The molecule has 0 fully saturated rings. The Kier molecular flexibility index (Phi) is 2.67. The Morgan fingerprint density at radius 3 is 2.14 bits per heavy atom. The van der Waals surface area contributed by atoms with Crippen LogP contribution in [0.15, 0.2) is 10.8 Å². The summed E-state index contributed by atoms with van der Waals surface area (Å²) in [4.78, 5) is 0. The van der Waals surface area contributed by atoms with Gasteiger partial charge >= 0.3 is 0 Å². The van der Waals surface area contributed by atoms with Crippen LogP contribution in [0.25, 0.3) is 0 Å². The molecule has 0 amide bonds. The molecule has 42 valence electrons. The lowest BCUT2D eigenvalue weighted by Gasteiger charge is -1.93. The fourth-order valence-electron chi connectivity index (χ4n) is 0.148. The van der Waals surface area contributed by atoms with Crippen molar-refractivity contribution in [1.82, 2.24) is 0 Å². The number of thioether (sulfide) groups is 1. The molecule has 0 spiro atoms. The van der Waals surface area contributed by atoms with Crippen LogP contribution in [-0.2, 0) is 0 Å². The molecular weight excluding hydrogens is 110 g/mol. The van der Waals surface area contributed by atoms with E-state index in [1.807, 2.05) is 6.26 Å². The zero-order chi connectivity index (χ0) is 5.86. The predicted octanol–water partition coefficient (Wildman–Crippen LogP) is 1.06. The van der Waals surface area contributed by atoms with E-state index in [1.54, 1.807) is 6.92 Å². The molecule has 0 aromatic carbocycles. The van der Waals surface area contributed by atoms with Gasteiger partial charge in [-0.3, -0.25) is 0 Å². The van der Waals surface area contributed by atoms with Crippen LogP contribution in [0, 0.1) is 0 Å². The molecule has 0 aromatic heterocycles. The summed E-state index contributed by atoms with van der Waals surface area (Å²) in [5.41, 5.74) is 5.21. The Bertz CT molecular complexity index is 85.7. The number of hydrogen-bond donors (Lipinski definition) is 2. The van der Waals surface area contributed by atoms with Crippen molar-refractivity contribution in [3.63, 3.8) is 0 Å². The molecule has 0 aliphatic heterocycles. The lowest BCUT2D eigenvalue weighted by atomic mass is 10.6. The van der Waals surface area contributed by atoms with Gasteiger partial charge in [0, 0.05) is 0 Å². The summed E-state index contributed by atoms with van der Waals surface area (Å²) in [5.74, 6) is 0.201. The van der Waals surface area contributed by atoms with Gasteiger partial charge in [-0.05, 0) is 13.2 Å². The van der Waals surface area contributed by atoms with Gasteiger partial charge < -0.3 is 10.8 Å². The maximum Gasteiger partial charge on any atom is 0.119 e. The van der Waals surface area contributed by atoms with Crippen molar-refractivity contribution in [2.45, 2.75) is 6.92 Å². The third-order valence-electron chi connectivity index (χ3n) is 0.577. The Morgan fingerprint density at radius 1 is 1.71 bits per heavy atom. The highest BCUT2D eigenvalue weighted by Crippen LogP contribution is 2.05. The number of nitrogens with two attached hydrogens (primary N) is 1. The number of rotatable bonds is 1. The standard InChI is InChI=1S/C4H9NOS/c1-3(6)4(5)7-2/h6H,5H2,1-2H3/b4-3+. The quantitative estimate of drug-likeness (QED) is 0.507. The SMILES string of the molecule is CS/C(N)=C(\C)O. The van der Waals surface area contributed by atoms with Gasteiger partial charge in [0.05, 0.1) is 0 Å². The van der Waals surface area contributed by atoms with E-state index in [9.17, 15) is 0 Å². The normalized spacial score (nSPS) is 13.4. The molecule has 0 bridgehead atoms. The van der Waals surface area contributed by atoms with E-state index in [-0.39, 0.29) is 5.76 Å². The maximum atomic E-state index is 8.55. The molecular formula is C4H9NOS. The Labute approximate surface area is 47.4 Å². The van der Waals surface area contributed by atoms with Gasteiger partial charge in [-0.1, -0.05) is 0 Å². The van der Waals surface area contributed by atoms with Crippen LogP contribution in [0.4, 0.5) is 0 Å². The average molecular weight is 119 g/mol. The van der Waals surface area contributed by atoms with Gasteiger partial charge in [0.1, 0.15) is 10.8 Å². The highest BCUT2D eigenvalue weighted by molar-refractivity contribution is 8.02. The first-order valence-corrected chi connectivity index (χ1v) is 3.10. The van der Waals surface area contributed by atoms with Crippen LogP contribution in [0.1, 0.15) is 6.92 Å². The predicted molar refractivity (Wildman–Crippen MR) is 33.0 cm³/mol. The van der Waals surface area contributed by atoms with Crippen LogP contribution in [0.2, 0.25) is 0 Å². The fourth-order valence-corrected chi connectivity index (χ4v) is 0.443. The van der Waals surface area contributed by atoms with Crippen molar-refractivity contribution in [3.05, 3.63) is 10.8 Å². The smallest absolute Gasteiger partial charge is 0.119 e. The van der Waals surface area contributed by atoms with Crippen molar-refractivity contribution >= 4 is 11.8 Å². The minimum atomic E-state index is 0.201. The number of allylic oxidation sites excluding steroid dienone is 1. The Morgan fingerprint density at radius 2 is 2.14 bits per heavy atom. The van der Waals surface area contributed by atoms with E-state index < -0.39 is 0 Å². The lowest BCUT2D eigenvalue weighted by molar-refractivity contribution is 0.411. The van der Waals surface area contributed by atoms with Crippen molar-refractivity contribution in [3.8, 4) is 0 Å². The minimum Gasteiger partial charge on any atom is -0.510 e. The van der Waals surface area contributed by atoms with E-state index in [0.717, 1.165) is 0 Å². The molecule has 0 saturated carbocycles. The number of aliphatic hydroxyl groups excluding tert-OH is 1. The molecule has 3 heteroatoms. The third kappa shape index (κ3) is 2.39. The van der Waals surface area contributed by atoms with E-state index in [4.69, 9.17) is 10.8 Å². The van der Waals surface area contributed by atoms with Gasteiger partial charge in [-0.2, -0.15) is 0 Å². The van der Waals surface area contributed by atoms with E-state index >= 15 is 0 Å². The molecule has 0 saturated heterocycles. The van der Waals surface area contributed by atoms with Gasteiger partial charge in [0.25, 0.3) is 0 Å². The van der Waals surface area contributed by atoms with Gasteiger partial charge in [0.15, 0.2) is 0 Å². The summed E-state index contributed by atoms with van der Waals surface area (Å²) in [7, 11) is 0. The average Bonchev–Trinajstić information content (AvgIpc) is 1.65. The van der Waals surface area contributed by atoms with Gasteiger partial charge in [-0.25, -0.2) is 0 Å². The highest BCUT2D eigenvalue weighted by Gasteiger charge is 1.87. The largest absolute Gasteiger partial charge is 0.510 e. The third-order valence-corrected chi connectivity index (χ3v) is 1.31. The summed E-state index contributed by atoms with van der Waals surface area (Å²) >= 11 is 1.34. The number of aliphatic hydroxyl groups is 1. The fraction of sp³-hybridized carbons (Fsp3) is 0.500. The molecule has 0 atom stereocenters. The summed E-state index contributed by atoms with van der Waals surface area (Å²) in [5, 5.41) is 9.04. The molecule has 0 rings (SSSR count). The van der Waals surface area contributed by atoms with Crippen molar-refractivity contribution in [2.24, 2.45) is 5.73 Å². The van der Waals surface area contributed by atoms with Gasteiger partial charge in [-0.15, -0.1) is 11.8 Å². The highest BCUT2D eigenvalue weighted by atomic mass is 32.2. The molecule has 0 heterocycles. The topological polar surface area (TPSA) is 46.2 Å². The first-order valence-electron chi connectivity index (χ1n) is 1.87. The zero-order valence-corrected chi connectivity index (χ0v) is 5.25. The Balaban J connectivity index is 3.72. The lowest BCUT2D eigenvalue weighted by Crippen LogP contribution is -1.93. The van der Waals surface area contributed by atoms with Crippen LogP contribution >= 0.6 is 11.8 Å². The molecule has 0 unspecified atom stereocenters. The van der Waals surface area contributed by atoms with Crippen LogP contribution in [0.5, 0.6) is 0 Å². The second kappa shape index (κ2) is 2.80. The van der Waals surface area contributed by atoms with Crippen molar-refractivity contribution < 1.29 is 5.11 Å². The molecule has 0 aromatic rings. The second-order valence-corrected chi connectivity index (χ2v) is 2.00. The summed E-state index contributed by atoms with van der Waals surface area (Å²) in [6.07, 6.45) is 1.81. The number of hydrogen-bond acceptors (Lipinski definition) is 3. The van der Waals surface area contributed by atoms with Gasteiger partial charge in [0.2, 0.25) is 0 Å². The van der Waals surface area contributed by atoms with Crippen molar-refractivity contribution in [1.29, 1.82) is 0 Å². The second-order valence-electron chi connectivity index (χ2n) is 1.15. The Hall–Kier alpha value is -0.310. The molecule has 0 aliphatic rings. The van der Waals surface area contributed by atoms with E-state index in [1.165, 1.54) is 11.8 Å². The monoisotopic (exact) mass is 119 g/mol. The van der Waals surface area contributed by atoms with Crippen LogP contribution < -0.4 is 5.73 Å². The van der Waals surface area contributed by atoms with E-state index in [0.29, 0.717) is 5.03 Å². The maximum absolute atomic E-state index is 8.55. The molecule has 0 radical (unpaired) electrons. The zero-order valence-electron chi connectivity index (χ0n) is 4.43.